The van der Waals surface area contributed by atoms with Crippen molar-refractivity contribution < 1.29 is 9.18 Å². The summed E-state index contributed by atoms with van der Waals surface area (Å²) < 4.78 is 13.1. The Balaban J connectivity index is 1.45. The molecule has 0 bridgehead atoms. The van der Waals surface area contributed by atoms with Gasteiger partial charge in [-0.15, -0.1) is 0 Å². The molecule has 2 aromatic carbocycles. The van der Waals surface area contributed by atoms with Crippen LogP contribution < -0.4 is 10.2 Å². The van der Waals surface area contributed by atoms with Gasteiger partial charge in [0, 0.05) is 56.2 Å². The van der Waals surface area contributed by atoms with E-state index in [9.17, 15) is 9.18 Å². The fourth-order valence-electron chi connectivity index (χ4n) is 3.81. The zero-order valence-electron chi connectivity index (χ0n) is 17.8. The van der Waals surface area contributed by atoms with Gasteiger partial charge in [-0.1, -0.05) is 0 Å². The third-order valence-corrected chi connectivity index (χ3v) is 5.54. The highest BCUT2D eigenvalue weighted by Gasteiger charge is 2.26. The van der Waals surface area contributed by atoms with Crippen molar-refractivity contribution in [2.24, 2.45) is 0 Å². The molecule has 7 heteroatoms. The Morgan fingerprint density at radius 1 is 1.10 bits per heavy atom. The lowest BCUT2D eigenvalue weighted by molar-refractivity contribution is 0.0706. The molecule has 31 heavy (non-hydrogen) atoms. The molecular formula is C24H26FN5O. The first-order valence-corrected chi connectivity index (χ1v) is 10.4. The van der Waals surface area contributed by atoms with Crippen molar-refractivity contribution in [3.05, 3.63) is 77.9 Å². The van der Waals surface area contributed by atoms with E-state index in [1.807, 2.05) is 54.2 Å². The summed E-state index contributed by atoms with van der Waals surface area (Å²) in [6.07, 6.45) is 3.61. The van der Waals surface area contributed by atoms with Crippen molar-refractivity contribution in [2.45, 2.75) is 18.8 Å². The number of nitrogens with zero attached hydrogens (tertiary/aromatic N) is 4. The van der Waals surface area contributed by atoms with E-state index in [0.29, 0.717) is 18.1 Å². The molecule has 1 aliphatic heterocycles. The molecule has 1 N–H and O–H groups in total. The van der Waals surface area contributed by atoms with Crippen LogP contribution in [0, 0.1) is 5.82 Å². The summed E-state index contributed by atoms with van der Waals surface area (Å²) in [7, 11) is 3.96. The molecule has 1 amide bonds. The third-order valence-electron chi connectivity index (χ3n) is 5.54. The molecule has 0 radical (unpaired) electrons. The van der Waals surface area contributed by atoms with Crippen molar-refractivity contribution in [3.8, 4) is 0 Å². The van der Waals surface area contributed by atoms with Gasteiger partial charge < -0.3 is 15.1 Å². The number of carbonyl (C=O) groups excluding carboxylic acids is 1. The number of hydrogen-bond acceptors (Lipinski definition) is 5. The van der Waals surface area contributed by atoms with Crippen molar-refractivity contribution in [3.63, 3.8) is 0 Å². The molecule has 4 rings (SSSR count). The zero-order valence-corrected chi connectivity index (χ0v) is 17.8. The lowest BCUT2D eigenvalue weighted by Gasteiger charge is -2.32. The highest BCUT2D eigenvalue weighted by Crippen LogP contribution is 2.27. The first-order chi connectivity index (χ1) is 15.0. The monoisotopic (exact) mass is 419 g/mol. The second-order valence-corrected chi connectivity index (χ2v) is 7.97. The molecule has 3 aromatic rings. The molecule has 1 saturated heterocycles. The van der Waals surface area contributed by atoms with E-state index >= 15 is 0 Å². The van der Waals surface area contributed by atoms with Crippen LogP contribution in [0.15, 0.2) is 60.8 Å². The number of anilines is 3. The summed E-state index contributed by atoms with van der Waals surface area (Å²) in [6, 6.07) is 15.7. The summed E-state index contributed by atoms with van der Waals surface area (Å²) in [5, 5.41) is 3.11. The number of carbonyl (C=O) groups is 1. The second kappa shape index (κ2) is 9.12. The van der Waals surface area contributed by atoms with Crippen LogP contribution in [0.2, 0.25) is 0 Å². The van der Waals surface area contributed by atoms with Gasteiger partial charge in [-0.05, 0) is 67.4 Å². The van der Waals surface area contributed by atoms with Crippen LogP contribution in [0.25, 0.3) is 0 Å². The molecule has 0 aliphatic carbocycles. The maximum absolute atomic E-state index is 13.1. The number of hydrogen-bond donors (Lipinski definition) is 1. The molecule has 160 valence electrons. The third kappa shape index (κ3) is 4.99. The molecule has 1 aromatic heterocycles. The molecular weight excluding hydrogens is 393 g/mol. The number of aromatic nitrogens is 2. The first-order valence-electron chi connectivity index (χ1n) is 10.4. The molecule has 0 spiro atoms. The van der Waals surface area contributed by atoms with Gasteiger partial charge in [0.05, 0.1) is 5.69 Å². The van der Waals surface area contributed by atoms with Gasteiger partial charge in [0.25, 0.3) is 5.91 Å². The summed E-state index contributed by atoms with van der Waals surface area (Å²) in [6.45, 7) is 1.37. The number of halogens is 1. The van der Waals surface area contributed by atoms with Gasteiger partial charge in [0.2, 0.25) is 5.95 Å². The van der Waals surface area contributed by atoms with Crippen molar-refractivity contribution in [1.29, 1.82) is 0 Å². The summed E-state index contributed by atoms with van der Waals surface area (Å²) >= 11 is 0. The average molecular weight is 420 g/mol. The number of piperidine rings is 1. The van der Waals surface area contributed by atoms with Crippen LogP contribution in [-0.2, 0) is 0 Å². The van der Waals surface area contributed by atoms with Crippen LogP contribution in [0.1, 0.15) is 34.8 Å². The Hall–Kier alpha value is -3.48. The minimum absolute atomic E-state index is 0.0497. The van der Waals surface area contributed by atoms with Gasteiger partial charge in [0.1, 0.15) is 5.82 Å². The fraction of sp³-hybridized carbons (Fsp3) is 0.292. The van der Waals surface area contributed by atoms with E-state index in [0.717, 1.165) is 36.5 Å². The van der Waals surface area contributed by atoms with Crippen molar-refractivity contribution in [1.82, 2.24) is 14.9 Å². The van der Waals surface area contributed by atoms with E-state index in [-0.39, 0.29) is 17.6 Å². The van der Waals surface area contributed by atoms with Gasteiger partial charge in [-0.25, -0.2) is 14.4 Å². The summed E-state index contributed by atoms with van der Waals surface area (Å²) in [4.78, 5) is 25.9. The predicted octanol–water partition coefficient (Wildman–Crippen LogP) is 4.45. The minimum Gasteiger partial charge on any atom is -0.378 e. The molecule has 1 aliphatic rings. The second-order valence-electron chi connectivity index (χ2n) is 7.97. The predicted molar refractivity (Wildman–Crippen MR) is 120 cm³/mol. The number of amides is 1. The lowest BCUT2D eigenvalue weighted by atomic mass is 9.94. The average Bonchev–Trinajstić information content (AvgIpc) is 2.80. The Morgan fingerprint density at radius 2 is 1.84 bits per heavy atom. The lowest BCUT2D eigenvalue weighted by Crippen LogP contribution is -2.39. The maximum atomic E-state index is 13.1. The van der Waals surface area contributed by atoms with Crippen LogP contribution in [0.4, 0.5) is 21.7 Å². The molecule has 0 unspecified atom stereocenters. The summed E-state index contributed by atoms with van der Waals surface area (Å²) in [5.41, 5.74) is 3.39. The Morgan fingerprint density at radius 3 is 2.55 bits per heavy atom. The van der Waals surface area contributed by atoms with Crippen LogP contribution in [0.5, 0.6) is 0 Å². The van der Waals surface area contributed by atoms with Gasteiger partial charge in [-0.2, -0.15) is 0 Å². The molecule has 0 saturated carbocycles. The largest absolute Gasteiger partial charge is 0.378 e. The number of likely N-dealkylation sites (tertiary alicyclic amines) is 1. The fourth-order valence-corrected chi connectivity index (χ4v) is 3.81. The van der Waals surface area contributed by atoms with E-state index in [2.05, 4.69) is 15.3 Å². The van der Waals surface area contributed by atoms with Gasteiger partial charge in [0.15, 0.2) is 0 Å². The molecule has 1 atom stereocenters. The Bertz CT molecular complexity index is 1040. The highest BCUT2D eigenvalue weighted by atomic mass is 19.1. The number of nitrogens with one attached hydrogen (secondary N) is 1. The molecule has 6 nitrogen and oxygen atoms in total. The standard InChI is InChI=1S/C24H26FN5O/c1-29(2)21-11-5-17(6-12-21)23(31)30-15-3-4-18(16-30)22-13-14-26-24(28-22)27-20-9-7-19(25)8-10-20/h5-14,18H,3-4,15-16H2,1-2H3,(H,26,27,28)/t18-/m1/s1. The maximum Gasteiger partial charge on any atom is 0.253 e. The van der Waals surface area contributed by atoms with E-state index < -0.39 is 0 Å². The topological polar surface area (TPSA) is 61.4 Å². The zero-order chi connectivity index (χ0) is 21.8. The van der Waals surface area contributed by atoms with Crippen molar-refractivity contribution in [2.75, 3.05) is 37.4 Å². The van der Waals surface area contributed by atoms with Gasteiger partial charge >= 0.3 is 0 Å². The summed E-state index contributed by atoms with van der Waals surface area (Å²) in [5.74, 6) is 0.375. The van der Waals surface area contributed by atoms with Gasteiger partial charge in [-0.3, -0.25) is 4.79 Å². The minimum atomic E-state index is -0.288. The normalized spacial score (nSPS) is 16.1. The van der Waals surface area contributed by atoms with E-state index in [1.54, 1.807) is 18.3 Å². The van der Waals surface area contributed by atoms with Crippen LogP contribution in [0.3, 0.4) is 0 Å². The van der Waals surface area contributed by atoms with E-state index in [4.69, 9.17) is 0 Å². The van der Waals surface area contributed by atoms with Crippen molar-refractivity contribution >= 4 is 23.2 Å². The van der Waals surface area contributed by atoms with Crippen LogP contribution in [-0.4, -0.2) is 48.0 Å². The quantitative estimate of drug-likeness (QED) is 0.662. The smallest absolute Gasteiger partial charge is 0.253 e. The first kappa shape index (κ1) is 20.8. The Kier molecular flexibility index (Phi) is 6.11. The van der Waals surface area contributed by atoms with Crippen LogP contribution >= 0.6 is 0 Å². The molecule has 1 fully saturated rings. The number of rotatable bonds is 5. The van der Waals surface area contributed by atoms with E-state index in [1.165, 1.54) is 12.1 Å². The Labute approximate surface area is 181 Å². The SMILES string of the molecule is CN(C)c1ccc(C(=O)N2CCC[C@@H](c3ccnc(Nc4ccc(F)cc4)n3)C2)cc1. The number of benzene rings is 2. The molecule has 2 heterocycles. The highest BCUT2D eigenvalue weighted by molar-refractivity contribution is 5.94.